The minimum atomic E-state index is -4.08. The van der Waals surface area contributed by atoms with Crippen molar-refractivity contribution in [3.05, 3.63) is 0 Å². The predicted octanol–water partition coefficient (Wildman–Crippen LogP) is 0.890. The summed E-state index contributed by atoms with van der Waals surface area (Å²) in [5, 5.41) is 5.59. The maximum Gasteiger partial charge on any atom is 0.401 e. The van der Waals surface area contributed by atoms with Gasteiger partial charge in [-0.15, -0.1) is 0 Å². The summed E-state index contributed by atoms with van der Waals surface area (Å²) in [4.78, 5) is 0. The van der Waals surface area contributed by atoms with Crippen LogP contribution in [0.1, 0.15) is 12.8 Å². The van der Waals surface area contributed by atoms with Crippen LogP contribution in [0.2, 0.25) is 0 Å². The first-order chi connectivity index (χ1) is 5.58. The molecule has 0 aromatic carbocycles. The number of nitrogens with one attached hydrogen (secondary N) is 2. The Hall–Kier alpha value is -0.290. The Bertz CT molecular complexity index is 129. The third kappa shape index (κ3) is 3.92. The summed E-state index contributed by atoms with van der Waals surface area (Å²) in [6.45, 7) is 0.767. The average Bonchev–Trinajstić information content (AvgIpc) is 2.02. The lowest BCUT2D eigenvalue weighted by Gasteiger charge is -2.24. The van der Waals surface area contributed by atoms with Crippen LogP contribution in [0.15, 0.2) is 0 Å². The maximum atomic E-state index is 11.7. The largest absolute Gasteiger partial charge is 0.401 e. The average molecular weight is 182 g/mol. The number of alkyl halides is 3. The number of hydrogen-bond donors (Lipinski definition) is 2. The third-order valence-corrected chi connectivity index (χ3v) is 1.93. The zero-order chi connectivity index (χ0) is 9.03. The standard InChI is InChI=1S/C7H13F3N2/c8-7(9,10)5-12-6-1-3-11-4-2-6/h6,11-12H,1-5H2. The van der Waals surface area contributed by atoms with Crippen LogP contribution >= 0.6 is 0 Å². The number of piperidine rings is 1. The third-order valence-electron chi connectivity index (χ3n) is 1.93. The lowest BCUT2D eigenvalue weighted by Crippen LogP contribution is -2.43. The normalized spacial score (nSPS) is 21.2. The Morgan fingerprint density at radius 3 is 2.33 bits per heavy atom. The molecule has 0 unspecified atom stereocenters. The van der Waals surface area contributed by atoms with Crippen molar-refractivity contribution < 1.29 is 13.2 Å². The van der Waals surface area contributed by atoms with Crippen LogP contribution in [-0.4, -0.2) is 31.9 Å². The van der Waals surface area contributed by atoms with Gasteiger partial charge in [0, 0.05) is 6.04 Å². The molecule has 1 fully saturated rings. The Labute approximate surface area is 69.5 Å². The molecule has 1 saturated heterocycles. The molecule has 0 radical (unpaired) electrons. The first-order valence-electron chi connectivity index (χ1n) is 4.09. The van der Waals surface area contributed by atoms with Crippen molar-refractivity contribution in [2.45, 2.75) is 25.1 Å². The van der Waals surface area contributed by atoms with E-state index in [0.717, 1.165) is 25.9 Å². The zero-order valence-electron chi connectivity index (χ0n) is 6.75. The van der Waals surface area contributed by atoms with Crippen molar-refractivity contribution in [3.63, 3.8) is 0 Å². The minimum absolute atomic E-state index is 0.0351. The van der Waals surface area contributed by atoms with Gasteiger partial charge in [0.2, 0.25) is 0 Å². The number of hydrogen-bond acceptors (Lipinski definition) is 2. The Morgan fingerprint density at radius 2 is 1.83 bits per heavy atom. The summed E-state index contributed by atoms with van der Waals surface area (Å²) in [6, 6.07) is 0.0351. The smallest absolute Gasteiger partial charge is 0.317 e. The van der Waals surface area contributed by atoms with E-state index in [2.05, 4.69) is 10.6 Å². The van der Waals surface area contributed by atoms with E-state index in [0.29, 0.717) is 0 Å². The molecule has 1 aliphatic heterocycles. The van der Waals surface area contributed by atoms with Crippen molar-refractivity contribution in [3.8, 4) is 0 Å². The highest BCUT2D eigenvalue weighted by Crippen LogP contribution is 2.13. The van der Waals surface area contributed by atoms with Gasteiger partial charge in [0.05, 0.1) is 6.54 Å². The molecule has 2 N–H and O–H groups in total. The highest BCUT2D eigenvalue weighted by Gasteiger charge is 2.28. The summed E-state index contributed by atoms with van der Waals surface area (Å²) < 4.78 is 35.2. The van der Waals surface area contributed by atoms with E-state index in [1.807, 2.05) is 0 Å². The lowest BCUT2D eigenvalue weighted by molar-refractivity contribution is -0.126. The highest BCUT2D eigenvalue weighted by atomic mass is 19.4. The molecular weight excluding hydrogens is 169 g/mol. The van der Waals surface area contributed by atoms with Gasteiger partial charge in [0.15, 0.2) is 0 Å². The van der Waals surface area contributed by atoms with Gasteiger partial charge in [-0.1, -0.05) is 0 Å². The molecule has 12 heavy (non-hydrogen) atoms. The molecule has 1 rings (SSSR count). The molecule has 5 heteroatoms. The quantitative estimate of drug-likeness (QED) is 0.662. The van der Waals surface area contributed by atoms with Gasteiger partial charge in [-0.3, -0.25) is 0 Å². The minimum Gasteiger partial charge on any atom is -0.317 e. The molecule has 0 saturated carbocycles. The molecule has 0 atom stereocenters. The molecular formula is C7H13F3N2. The molecule has 72 valence electrons. The van der Waals surface area contributed by atoms with Crippen LogP contribution < -0.4 is 10.6 Å². The predicted molar refractivity (Wildman–Crippen MR) is 39.9 cm³/mol. The van der Waals surface area contributed by atoms with Crippen molar-refractivity contribution in [1.82, 2.24) is 10.6 Å². The summed E-state index contributed by atoms with van der Waals surface area (Å²) in [7, 11) is 0. The molecule has 0 aromatic heterocycles. The molecule has 0 amide bonds. The Kier molecular flexibility index (Phi) is 3.34. The van der Waals surface area contributed by atoms with Crippen molar-refractivity contribution in [2.75, 3.05) is 19.6 Å². The zero-order valence-corrected chi connectivity index (χ0v) is 6.75. The molecule has 1 aliphatic rings. The van der Waals surface area contributed by atoms with Crippen LogP contribution in [-0.2, 0) is 0 Å². The molecule has 0 aliphatic carbocycles. The van der Waals surface area contributed by atoms with E-state index in [1.54, 1.807) is 0 Å². The van der Waals surface area contributed by atoms with Crippen LogP contribution in [0.5, 0.6) is 0 Å². The highest BCUT2D eigenvalue weighted by molar-refractivity contribution is 4.75. The van der Waals surface area contributed by atoms with Crippen molar-refractivity contribution >= 4 is 0 Å². The second-order valence-corrected chi connectivity index (χ2v) is 3.02. The molecule has 0 spiro atoms. The second kappa shape index (κ2) is 4.09. The lowest BCUT2D eigenvalue weighted by atomic mass is 10.1. The molecule has 2 nitrogen and oxygen atoms in total. The van der Waals surface area contributed by atoms with Gasteiger partial charge in [0.1, 0.15) is 0 Å². The number of halogens is 3. The van der Waals surface area contributed by atoms with E-state index in [1.165, 1.54) is 0 Å². The number of rotatable bonds is 2. The van der Waals surface area contributed by atoms with Gasteiger partial charge in [-0.25, -0.2) is 0 Å². The van der Waals surface area contributed by atoms with E-state index in [4.69, 9.17) is 0 Å². The molecule has 0 aromatic rings. The van der Waals surface area contributed by atoms with E-state index in [9.17, 15) is 13.2 Å². The first-order valence-corrected chi connectivity index (χ1v) is 4.09. The monoisotopic (exact) mass is 182 g/mol. The fraction of sp³-hybridized carbons (Fsp3) is 1.00. The summed E-state index contributed by atoms with van der Waals surface area (Å²) >= 11 is 0. The van der Waals surface area contributed by atoms with E-state index >= 15 is 0 Å². The van der Waals surface area contributed by atoms with E-state index in [-0.39, 0.29) is 6.04 Å². The van der Waals surface area contributed by atoms with Gasteiger partial charge >= 0.3 is 6.18 Å². The van der Waals surface area contributed by atoms with Gasteiger partial charge < -0.3 is 10.6 Å². The van der Waals surface area contributed by atoms with Crippen LogP contribution in [0, 0.1) is 0 Å². The van der Waals surface area contributed by atoms with Gasteiger partial charge in [0.25, 0.3) is 0 Å². The SMILES string of the molecule is FC(F)(F)CNC1CCNCC1. The van der Waals surface area contributed by atoms with E-state index < -0.39 is 12.7 Å². The Morgan fingerprint density at radius 1 is 1.25 bits per heavy atom. The summed E-state index contributed by atoms with van der Waals surface area (Å²) in [5.41, 5.74) is 0. The molecule has 0 bridgehead atoms. The Balaban J connectivity index is 2.13. The fourth-order valence-electron chi connectivity index (χ4n) is 1.29. The molecule has 1 heterocycles. The van der Waals surface area contributed by atoms with Crippen LogP contribution in [0.3, 0.4) is 0 Å². The topological polar surface area (TPSA) is 24.1 Å². The maximum absolute atomic E-state index is 11.7. The van der Waals surface area contributed by atoms with Crippen molar-refractivity contribution in [1.29, 1.82) is 0 Å². The van der Waals surface area contributed by atoms with Crippen LogP contribution in [0.25, 0.3) is 0 Å². The van der Waals surface area contributed by atoms with Gasteiger partial charge in [-0.2, -0.15) is 13.2 Å². The second-order valence-electron chi connectivity index (χ2n) is 3.02. The summed E-state index contributed by atoms with van der Waals surface area (Å²) in [6.07, 6.45) is -2.50. The summed E-state index contributed by atoms with van der Waals surface area (Å²) in [5.74, 6) is 0. The van der Waals surface area contributed by atoms with Gasteiger partial charge in [-0.05, 0) is 25.9 Å². The van der Waals surface area contributed by atoms with Crippen LogP contribution in [0.4, 0.5) is 13.2 Å². The first kappa shape index (κ1) is 9.80. The fourth-order valence-corrected chi connectivity index (χ4v) is 1.29. The van der Waals surface area contributed by atoms with Crippen molar-refractivity contribution in [2.24, 2.45) is 0 Å².